The molecule has 0 saturated carbocycles. The maximum absolute atomic E-state index is 4.39. The number of thiophene rings is 1. The van der Waals surface area contributed by atoms with Crippen molar-refractivity contribution < 1.29 is 0 Å². The molecule has 12 heavy (non-hydrogen) atoms. The average molecular weight is 371 g/mol. The quantitative estimate of drug-likeness (QED) is 0.510. The van der Waals surface area contributed by atoms with Crippen LogP contribution in [0, 0.1) is 3.57 Å². The highest BCUT2D eigenvalue weighted by atomic mass is 127. The molecule has 0 aliphatic carbocycles. The van der Waals surface area contributed by atoms with Crippen LogP contribution >= 0.6 is 62.5 Å². The third-order valence-electron chi connectivity index (χ3n) is 1.59. The number of fused-ring (bicyclic) bond motifs is 1. The third kappa shape index (κ3) is 1.42. The van der Waals surface area contributed by atoms with Crippen LogP contribution in [0.25, 0.3) is 10.1 Å². The predicted octanol–water partition coefficient (Wildman–Crippen LogP) is 4.56. The van der Waals surface area contributed by atoms with Crippen LogP contribution in [-0.4, -0.2) is 0 Å². The van der Waals surface area contributed by atoms with Gasteiger partial charge >= 0.3 is 0 Å². The molecule has 62 valence electrons. The van der Waals surface area contributed by atoms with Crippen LogP contribution < -0.4 is 0 Å². The summed E-state index contributed by atoms with van der Waals surface area (Å²) in [4.78, 5) is 0. The maximum atomic E-state index is 4.39. The van der Waals surface area contributed by atoms with Gasteiger partial charge < -0.3 is 0 Å². The van der Waals surface area contributed by atoms with Gasteiger partial charge in [-0.3, -0.25) is 0 Å². The average Bonchev–Trinajstić information content (AvgIpc) is 2.29. The van der Waals surface area contributed by atoms with E-state index in [1.807, 2.05) is 6.07 Å². The zero-order valence-corrected chi connectivity index (χ0v) is 11.3. The van der Waals surface area contributed by atoms with Gasteiger partial charge in [-0.05, 0) is 34.7 Å². The molecule has 0 saturated heterocycles. The van der Waals surface area contributed by atoms with Gasteiger partial charge in [0.15, 0.2) is 0 Å². The molecule has 0 atom stereocenters. The van der Waals surface area contributed by atoms with Crippen molar-refractivity contribution in [3.05, 3.63) is 26.2 Å². The molecule has 0 aliphatic heterocycles. The van der Waals surface area contributed by atoms with E-state index in [-0.39, 0.29) is 0 Å². The Labute approximate surface area is 102 Å². The first-order valence-corrected chi connectivity index (χ1v) is 6.39. The van der Waals surface area contributed by atoms with Crippen molar-refractivity contribution in [2.45, 2.75) is 4.21 Å². The van der Waals surface area contributed by atoms with Crippen molar-refractivity contribution in [2.75, 3.05) is 0 Å². The van der Waals surface area contributed by atoms with Crippen LogP contribution in [0.2, 0.25) is 0 Å². The lowest BCUT2D eigenvalue weighted by atomic mass is 10.3. The molecule has 0 N–H and O–H groups in total. The fraction of sp³-hybridized carbons (Fsp3) is 0. The van der Waals surface area contributed by atoms with Crippen LogP contribution in [0.5, 0.6) is 0 Å². The number of benzene rings is 1. The van der Waals surface area contributed by atoms with Crippen LogP contribution in [-0.2, 0) is 0 Å². The molecule has 0 amide bonds. The van der Waals surface area contributed by atoms with Crippen LogP contribution in [0.4, 0.5) is 0 Å². The second-order valence-electron chi connectivity index (χ2n) is 2.33. The molecule has 4 heteroatoms. The second-order valence-corrected chi connectivity index (χ2v) is 6.07. The molecule has 0 radical (unpaired) electrons. The van der Waals surface area contributed by atoms with Crippen molar-refractivity contribution in [1.82, 2.24) is 0 Å². The van der Waals surface area contributed by atoms with Gasteiger partial charge in [0, 0.05) is 18.1 Å². The summed E-state index contributed by atoms with van der Waals surface area (Å²) in [7, 11) is 0. The standard InChI is InChI=1S/C8H4BrIS2/c9-4-2-1-3-5-6(4)7(10)8(11)12-5/h1-3,11H. The van der Waals surface area contributed by atoms with E-state index in [4.69, 9.17) is 0 Å². The molecule has 0 fully saturated rings. The minimum absolute atomic E-state index is 1.09. The normalized spacial score (nSPS) is 10.9. The Hall–Kier alpha value is 0.740. The number of halogens is 2. The molecule has 0 spiro atoms. The number of hydrogen-bond acceptors (Lipinski definition) is 2. The summed E-state index contributed by atoms with van der Waals surface area (Å²) in [5.41, 5.74) is 0. The van der Waals surface area contributed by atoms with E-state index < -0.39 is 0 Å². The van der Waals surface area contributed by atoms with E-state index in [1.54, 1.807) is 11.3 Å². The molecule has 1 aromatic heterocycles. The topological polar surface area (TPSA) is 0 Å². The van der Waals surface area contributed by atoms with E-state index in [1.165, 1.54) is 13.7 Å². The van der Waals surface area contributed by atoms with Gasteiger partial charge in [0.1, 0.15) is 0 Å². The Bertz CT molecular complexity index is 436. The van der Waals surface area contributed by atoms with Crippen LogP contribution in [0.15, 0.2) is 26.9 Å². The smallest absolute Gasteiger partial charge is 0.0715 e. The lowest BCUT2D eigenvalue weighted by molar-refractivity contribution is 1.66. The van der Waals surface area contributed by atoms with Gasteiger partial charge in [-0.15, -0.1) is 24.0 Å². The minimum atomic E-state index is 1.09. The molecule has 0 unspecified atom stereocenters. The summed E-state index contributed by atoms with van der Waals surface area (Å²) in [5.74, 6) is 0. The van der Waals surface area contributed by atoms with E-state index in [0.29, 0.717) is 0 Å². The van der Waals surface area contributed by atoms with Crippen molar-refractivity contribution >= 4 is 72.6 Å². The van der Waals surface area contributed by atoms with E-state index in [2.05, 4.69) is 63.3 Å². The Balaban J connectivity index is 2.97. The summed E-state index contributed by atoms with van der Waals surface area (Å²) >= 11 is 12.0. The fourth-order valence-corrected chi connectivity index (χ4v) is 4.49. The van der Waals surface area contributed by atoms with Crippen molar-refractivity contribution in [1.29, 1.82) is 0 Å². The number of thiol groups is 1. The number of hydrogen-bond donors (Lipinski definition) is 1. The summed E-state index contributed by atoms with van der Waals surface area (Å²) in [6.45, 7) is 0. The van der Waals surface area contributed by atoms with Gasteiger partial charge in [0.2, 0.25) is 0 Å². The van der Waals surface area contributed by atoms with Gasteiger partial charge in [-0.1, -0.05) is 22.0 Å². The fourth-order valence-electron chi connectivity index (χ4n) is 1.06. The SMILES string of the molecule is Sc1sc2cccc(Br)c2c1I. The molecule has 0 aliphatic rings. The van der Waals surface area contributed by atoms with Crippen molar-refractivity contribution in [2.24, 2.45) is 0 Å². The zero-order valence-electron chi connectivity index (χ0n) is 5.84. The molecular weight excluding hydrogens is 367 g/mol. The lowest BCUT2D eigenvalue weighted by Crippen LogP contribution is -1.69. The largest absolute Gasteiger partial charge is 0.132 e. The van der Waals surface area contributed by atoms with E-state index >= 15 is 0 Å². The van der Waals surface area contributed by atoms with E-state index in [9.17, 15) is 0 Å². The van der Waals surface area contributed by atoms with Crippen molar-refractivity contribution in [3.8, 4) is 0 Å². The monoisotopic (exact) mass is 370 g/mol. The first kappa shape index (κ1) is 9.30. The molecular formula is C8H4BrIS2. The Morgan fingerprint density at radius 2 is 2.17 bits per heavy atom. The third-order valence-corrected chi connectivity index (χ3v) is 5.58. The Kier molecular flexibility index (Phi) is 2.69. The summed E-state index contributed by atoms with van der Waals surface area (Å²) < 4.78 is 4.78. The minimum Gasteiger partial charge on any atom is -0.132 e. The molecule has 1 heterocycles. The highest BCUT2D eigenvalue weighted by Crippen LogP contribution is 2.38. The Morgan fingerprint density at radius 1 is 1.42 bits per heavy atom. The lowest BCUT2D eigenvalue weighted by Gasteiger charge is -1.93. The summed E-state index contributed by atoms with van der Waals surface area (Å²) in [6.07, 6.45) is 0. The van der Waals surface area contributed by atoms with Crippen LogP contribution in [0.3, 0.4) is 0 Å². The van der Waals surface area contributed by atoms with Crippen LogP contribution in [0.1, 0.15) is 0 Å². The van der Waals surface area contributed by atoms with Gasteiger partial charge in [0.05, 0.1) is 4.21 Å². The van der Waals surface area contributed by atoms with Gasteiger partial charge in [-0.25, -0.2) is 0 Å². The van der Waals surface area contributed by atoms with Gasteiger partial charge in [-0.2, -0.15) is 0 Å². The molecule has 0 nitrogen and oxygen atoms in total. The highest BCUT2D eigenvalue weighted by molar-refractivity contribution is 14.1. The number of rotatable bonds is 0. The highest BCUT2D eigenvalue weighted by Gasteiger charge is 2.08. The molecule has 2 rings (SSSR count). The second kappa shape index (κ2) is 3.48. The molecule has 1 aromatic carbocycles. The zero-order chi connectivity index (χ0) is 8.72. The molecule has 2 aromatic rings. The summed E-state index contributed by atoms with van der Waals surface area (Å²) in [6, 6.07) is 6.23. The maximum Gasteiger partial charge on any atom is 0.0715 e. The first-order valence-electron chi connectivity index (χ1n) is 3.25. The Morgan fingerprint density at radius 3 is 2.83 bits per heavy atom. The molecule has 0 bridgehead atoms. The van der Waals surface area contributed by atoms with Crippen molar-refractivity contribution in [3.63, 3.8) is 0 Å². The summed E-state index contributed by atoms with van der Waals surface area (Å²) in [5, 5.41) is 1.29. The van der Waals surface area contributed by atoms with Gasteiger partial charge in [0.25, 0.3) is 0 Å². The first-order chi connectivity index (χ1) is 5.70. The van der Waals surface area contributed by atoms with E-state index in [0.717, 1.165) is 8.68 Å². The predicted molar refractivity (Wildman–Crippen MR) is 69.5 cm³/mol.